The van der Waals surface area contributed by atoms with E-state index in [9.17, 15) is 9.59 Å². The van der Waals surface area contributed by atoms with Crippen LogP contribution in [0.2, 0.25) is 0 Å². The molecule has 0 aliphatic carbocycles. The maximum atomic E-state index is 11.8. The first-order valence-electron chi connectivity index (χ1n) is 11.1. The van der Waals surface area contributed by atoms with Crippen molar-refractivity contribution < 1.29 is 23.8 Å². The Bertz CT molecular complexity index is 535. The number of unbranched alkanes of at least 4 members (excludes halogenated alkanes) is 13. The van der Waals surface area contributed by atoms with Crippen LogP contribution >= 0.6 is 0 Å². The Kier molecular flexibility index (Phi) is 14.0. The number of Topliss-reactive ketones (excluding diaryl/α,β-unsaturated/α-hetero) is 1. The molecule has 160 valence electrons. The van der Waals surface area contributed by atoms with E-state index < -0.39 is 18.2 Å². The van der Waals surface area contributed by atoms with Gasteiger partial charge in [0.1, 0.15) is 18.9 Å². The molecule has 28 heavy (non-hydrogen) atoms. The molecule has 0 saturated heterocycles. The van der Waals surface area contributed by atoms with Crippen molar-refractivity contribution in [3.8, 4) is 5.75 Å². The fourth-order valence-electron chi connectivity index (χ4n) is 3.31. The molecule has 1 aromatic heterocycles. The molecule has 0 unspecified atom stereocenters. The number of hydrogen-bond acceptors (Lipinski definition) is 4. The topological polar surface area (TPSA) is 76.7 Å². The van der Waals surface area contributed by atoms with Gasteiger partial charge < -0.3 is 14.3 Å². The Morgan fingerprint density at radius 1 is 0.821 bits per heavy atom. The second kappa shape index (κ2) is 16.2. The van der Waals surface area contributed by atoms with E-state index in [1.807, 2.05) is 0 Å². The molecule has 0 fully saturated rings. The van der Waals surface area contributed by atoms with Crippen LogP contribution in [-0.4, -0.2) is 23.5 Å². The summed E-state index contributed by atoms with van der Waals surface area (Å²) in [5.74, 6) is -1.29. The van der Waals surface area contributed by atoms with Crippen LogP contribution < -0.4 is 4.74 Å². The summed E-state index contributed by atoms with van der Waals surface area (Å²) in [5, 5.41) is 8.70. The first-order chi connectivity index (χ1) is 13.6. The van der Waals surface area contributed by atoms with Gasteiger partial charge in [0.05, 0.1) is 12.2 Å². The third kappa shape index (κ3) is 11.8. The summed E-state index contributed by atoms with van der Waals surface area (Å²) < 4.78 is 10.6. The summed E-state index contributed by atoms with van der Waals surface area (Å²) in [7, 11) is 0. The summed E-state index contributed by atoms with van der Waals surface area (Å²) in [5.41, 5.74) is 0.216. The second-order valence-electron chi connectivity index (χ2n) is 7.59. The van der Waals surface area contributed by atoms with Crippen molar-refractivity contribution in [2.45, 2.75) is 103 Å². The van der Waals surface area contributed by atoms with Gasteiger partial charge in [0.2, 0.25) is 0 Å². The highest BCUT2D eigenvalue weighted by atomic mass is 16.5. The lowest BCUT2D eigenvalue weighted by molar-refractivity contribution is -0.135. The van der Waals surface area contributed by atoms with E-state index >= 15 is 0 Å². The molecule has 0 aromatic carbocycles. The van der Waals surface area contributed by atoms with E-state index in [0.29, 0.717) is 12.4 Å². The number of furan rings is 1. The molecule has 0 aliphatic rings. The van der Waals surface area contributed by atoms with E-state index in [4.69, 9.17) is 14.3 Å². The minimum atomic E-state index is -1.15. The molecule has 1 rings (SSSR count). The second-order valence-corrected chi connectivity index (χ2v) is 7.59. The van der Waals surface area contributed by atoms with Gasteiger partial charge in [0, 0.05) is 0 Å². The number of ketones is 1. The zero-order valence-corrected chi connectivity index (χ0v) is 17.5. The van der Waals surface area contributed by atoms with Crippen LogP contribution in [0.5, 0.6) is 5.75 Å². The number of carboxylic acids is 1. The summed E-state index contributed by atoms with van der Waals surface area (Å²) in [4.78, 5) is 22.4. The minimum Gasteiger partial charge on any atom is -0.489 e. The van der Waals surface area contributed by atoms with Crippen LogP contribution in [0.3, 0.4) is 0 Å². The molecule has 5 nitrogen and oxygen atoms in total. The van der Waals surface area contributed by atoms with Crippen LogP contribution in [0.1, 0.15) is 114 Å². The number of carbonyl (C=O) groups is 2. The fourth-order valence-corrected chi connectivity index (χ4v) is 3.31. The third-order valence-electron chi connectivity index (χ3n) is 4.99. The van der Waals surface area contributed by atoms with Gasteiger partial charge in [-0.3, -0.25) is 9.59 Å². The number of rotatable bonds is 19. The summed E-state index contributed by atoms with van der Waals surface area (Å²) in [6.45, 7) is 2.78. The van der Waals surface area contributed by atoms with Crippen LogP contribution in [-0.2, 0) is 4.79 Å². The molecule has 0 radical (unpaired) electrons. The summed E-state index contributed by atoms with van der Waals surface area (Å²) in [6, 6.07) is 0. The zero-order chi connectivity index (χ0) is 20.5. The predicted molar refractivity (Wildman–Crippen MR) is 111 cm³/mol. The lowest BCUT2D eigenvalue weighted by atomic mass is 10.0. The van der Waals surface area contributed by atoms with Gasteiger partial charge in [-0.25, -0.2) is 0 Å². The monoisotopic (exact) mass is 394 g/mol. The molecular weight excluding hydrogens is 356 g/mol. The number of carboxylic acid groups (broad SMARTS) is 1. The van der Waals surface area contributed by atoms with Crippen LogP contribution in [0, 0.1) is 0 Å². The maximum absolute atomic E-state index is 11.8. The van der Waals surface area contributed by atoms with Gasteiger partial charge in [-0.15, -0.1) is 0 Å². The van der Waals surface area contributed by atoms with E-state index in [2.05, 4.69) is 6.92 Å². The molecule has 0 spiro atoms. The molecule has 0 amide bonds. The lowest BCUT2D eigenvalue weighted by Gasteiger charge is -2.06. The van der Waals surface area contributed by atoms with Gasteiger partial charge in [0.25, 0.3) is 0 Å². The summed E-state index contributed by atoms with van der Waals surface area (Å²) >= 11 is 0. The highest BCUT2D eigenvalue weighted by molar-refractivity contribution is 6.06. The molecular formula is C23H38O5. The number of ether oxygens (including phenoxy) is 1. The van der Waals surface area contributed by atoms with Crippen molar-refractivity contribution in [3.63, 3.8) is 0 Å². The molecule has 5 heteroatoms. The van der Waals surface area contributed by atoms with Crippen molar-refractivity contribution in [2.75, 3.05) is 6.61 Å². The Balaban J connectivity index is 1.93. The standard InChI is InChI=1S/C23H38O5/c1-2-3-4-5-6-7-8-9-10-11-12-13-14-15-16-28-22-19-27-18-20(22)21(24)17-23(25)26/h18-19H,2-17H2,1H3,(H,25,26). The number of aliphatic carboxylic acids is 1. The van der Waals surface area contributed by atoms with Crippen molar-refractivity contribution >= 4 is 11.8 Å². The Labute approximate surface area is 169 Å². The van der Waals surface area contributed by atoms with Crippen LogP contribution in [0.4, 0.5) is 0 Å². The average molecular weight is 395 g/mol. The minimum absolute atomic E-state index is 0.216. The quantitative estimate of drug-likeness (QED) is 0.159. The fraction of sp³-hybridized carbons (Fsp3) is 0.739. The van der Waals surface area contributed by atoms with Gasteiger partial charge in [-0.1, -0.05) is 90.4 Å². The van der Waals surface area contributed by atoms with Crippen molar-refractivity contribution in [3.05, 3.63) is 18.1 Å². The van der Waals surface area contributed by atoms with Crippen molar-refractivity contribution in [2.24, 2.45) is 0 Å². The van der Waals surface area contributed by atoms with Crippen LogP contribution in [0.15, 0.2) is 16.9 Å². The predicted octanol–water partition coefficient (Wildman–Crippen LogP) is 6.80. The normalized spacial score (nSPS) is 10.9. The first-order valence-corrected chi connectivity index (χ1v) is 11.1. The Morgan fingerprint density at radius 3 is 1.82 bits per heavy atom. The van der Waals surface area contributed by atoms with E-state index in [0.717, 1.165) is 12.8 Å². The molecule has 0 bridgehead atoms. The molecule has 0 saturated carbocycles. The van der Waals surface area contributed by atoms with E-state index in [-0.39, 0.29) is 5.56 Å². The maximum Gasteiger partial charge on any atom is 0.311 e. The van der Waals surface area contributed by atoms with Crippen LogP contribution in [0.25, 0.3) is 0 Å². The molecule has 1 heterocycles. The smallest absolute Gasteiger partial charge is 0.311 e. The van der Waals surface area contributed by atoms with E-state index in [1.54, 1.807) is 0 Å². The largest absolute Gasteiger partial charge is 0.489 e. The molecule has 0 atom stereocenters. The van der Waals surface area contributed by atoms with Gasteiger partial charge >= 0.3 is 5.97 Å². The Hall–Kier alpha value is -1.78. The molecule has 1 N–H and O–H groups in total. The first kappa shape index (κ1) is 24.3. The molecule has 1 aromatic rings. The van der Waals surface area contributed by atoms with Crippen molar-refractivity contribution in [1.29, 1.82) is 0 Å². The lowest BCUT2D eigenvalue weighted by Crippen LogP contribution is -2.08. The third-order valence-corrected chi connectivity index (χ3v) is 4.99. The van der Waals surface area contributed by atoms with Crippen molar-refractivity contribution in [1.82, 2.24) is 0 Å². The molecule has 0 aliphatic heterocycles. The van der Waals surface area contributed by atoms with Gasteiger partial charge in [-0.05, 0) is 6.42 Å². The SMILES string of the molecule is CCCCCCCCCCCCCCCCOc1cocc1C(=O)CC(=O)O. The van der Waals surface area contributed by atoms with Gasteiger partial charge in [0.15, 0.2) is 11.5 Å². The zero-order valence-electron chi connectivity index (χ0n) is 17.5. The number of carbonyl (C=O) groups excluding carboxylic acids is 1. The van der Waals surface area contributed by atoms with E-state index in [1.165, 1.54) is 89.6 Å². The highest BCUT2D eigenvalue weighted by Crippen LogP contribution is 2.22. The Morgan fingerprint density at radius 2 is 1.32 bits per heavy atom. The number of hydrogen-bond donors (Lipinski definition) is 1. The van der Waals surface area contributed by atoms with Gasteiger partial charge in [-0.2, -0.15) is 0 Å². The average Bonchev–Trinajstić information content (AvgIpc) is 3.13. The summed E-state index contributed by atoms with van der Waals surface area (Å²) in [6.07, 6.45) is 20.3. The highest BCUT2D eigenvalue weighted by Gasteiger charge is 2.17.